The number of carbonyl (C=O) groups is 1. The van der Waals surface area contributed by atoms with Gasteiger partial charge in [-0.1, -0.05) is 36.4 Å². The van der Waals surface area contributed by atoms with Gasteiger partial charge in [0.05, 0.1) is 12.2 Å². The lowest BCUT2D eigenvalue weighted by molar-refractivity contribution is -0.130. The molecule has 1 amide bonds. The molecule has 0 spiro atoms. The van der Waals surface area contributed by atoms with Crippen LogP contribution in [0.5, 0.6) is 11.5 Å². The molecule has 1 aliphatic heterocycles. The fourth-order valence-electron chi connectivity index (χ4n) is 3.46. The van der Waals surface area contributed by atoms with Crippen LogP contribution in [0.15, 0.2) is 54.6 Å². The molecular formula is C22H23N3O3. The maximum absolute atomic E-state index is 13.0. The molecule has 144 valence electrons. The van der Waals surface area contributed by atoms with Gasteiger partial charge in [-0.3, -0.25) is 9.89 Å². The minimum Gasteiger partial charge on any atom is -0.454 e. The van der Waals surface area contributed by atoms with Crippen molar-refractivity contribution >= 4 is 5.91 Å². The highest BCUT2D eigenvalue weighted by Crippen LogP contribution is 2.37. The molecule has 2 heterocycles. The predicted octanol–water partition coefficient (Wildman–Crippen LogP) is 3.63. The van der Waals surface area contributed by atoms with E-state index in [1.165, 1.54) is 0 Å². The Kier molecular flexibility index (Phi) is 5.02. The Morgan fingerprint density at radius 2 is 1.89 bits per heavy atom. The third-order valence-electron chi connectivity index (χ3n) is 4.96. The summed E-state index contributed by atoms with van der Waals surface area (Å²) < 4.78 is 10.9. The molecule has 2 aromatic carbocycles. The van der Waals surface area contributed by atoms with Gasteiger partial charge in [-0.2, -0.15) is 5.10 Å². The van der Waals surface area contributed by atoms with Crippen molar-refractivity contribution < 1.29 is 14.3 Å². The van der Waals surface area contributed by atoms with Crippen LogP contribution < -0.4 is 9.47 Å². The summed E-state index contributed by atoms with van der Waals surface area (Å²) in [7, 11) is 1.81. The van der Waals surface area contributed by atoms with Gasteiger partial charge in [0.15, 0.2) is 11.5 Å². The summed E-state index contributed by atoms with van der Waals surface area (Å²) in [4.78, 5) is 14.7. The van der Waals surface area contributed by atoms with Gasteiger partial charge in [-0.05, 0) is 36.2 Å². The van der Waals surface area contributed by atoms with Crippen molar-refractivity contribution in [3.8, 4) is 11.5 Å². The van der Waals surface area contributed by atoms with Gasteiger partial charge < -0.3 is 14.4 Å². The lowest BCUT2D eigenvalue weighted by atomic mass is 9.88. The summed E-state index contributed by atoms with van der Waals surface area (Å²) >= 11 is 0. The highest BCUT2D eigenvalue weighted by atomic mass is 16.7. The molecule has 1 aromatic heterocycles. The van der Waals surface area contributed by atoms with Crippen LogP contribution in [0.3, 0.4) is 0 Å². The Bertz CT molecular complexity index is 968. The number of hydrogen-bond acceptors (Lipinski definition) is 4. The van der Waals surface area contributed by atoms with E-state index >= 15 is 0 Å². The summed E-state index contributed by atoms with van der Waals surface area (Å²) in [5, 5.41) is 7.14. The van der Waals surface area contributed by atoms with Crippen molar-refractivity contribution in [3.05, 3.63) is 77.1 Å². The molecule has 28 heavy (non-hydrogen) atoms. The van der Waals surface area contributed by atoms with E-state index < -0.39 is 0 Å². The number of carbonyl (C=O) groups excluding carboxylic acids is 1. The summed E-state index contributed by atoms with van der Waals surface area (Å²) in [6, 6.07) is 17.9. The van der Waals surface area contributed by atoms with Crippen LogP contribution >= 0.6 is 0 Å². The number of aromatic amines is 1. The van der Waals surface area contributed by atoms with Crippen LogP contribution in [0, 0.1) is 6.92 Å². The average Bonchev–Trinajstić information content (AvgIpc) is 3.34. The van der Waals surface area contributed by atoms with E-state index in [9.17, 15) is 4.79 Å². The summed E-state index contributed by atoms with van der Waals surface area (Å²) in [5.41, 5.74) is 3.97. The minimum atomic E-state index is -0.0634. The number of benzene rings is 2. The monoisotopic (exact) mass is 377 g/mol. The van der Waals surface area contributed by atoms with Gasteiger partial charge in [0, 0.05) is 25.1 Å². The van der Waals surface area contributed by atoms with Crippen LogP contribution in [0.1, 0.15) is 34.9 Å². The number of ether oxygens (including phenoxy) is 2. The zero-order chi connectivity index (χ0) is 19.5. The van der Waals surface area contributed by atoms with E-state index in [-0.39, 0.29) is 18.6 Å². The molecule has 3 aromatic rings. The molecule has 0 saturated heterocycles. The quantitative estimate of drug-likeness (QED) is 0.712. The van der Waals surface area contributed by atoms with Gasteiger partial charge in [0.25, 0.3) is 0 Å². The van der Waals surface area contributed by atoms with Crippen molar-refractivity contribution in [1.29, 1.82) is 0 Å². The normalized spacial score (nSPS) is 13.4. The third-order valence-corrected chi connectivity index (χ3v) is 4.96. The second-order valence-electron chi connectivity index (χ2n) is 7.07. The van der Waals surface area contributed by atoms with Crippen molar-refractivity contribution in [2.45, 2.75) is 25.8 Å². The highest BCUT2D eigenvalue weighted by Gasteiger charge is 2.23. The van der Waals surface area contributed by atoms with E-state index in [2.05, 4.69) is 22.3 Å². The number of H-pyrrole nitrogens is 1. The number of hydrogen-bond donors (Lipinski definition) is 1. The second kappa shape index (κ2) is 7.76. The van der Waals surface area contributed by atoms with Gasteiger partial charge in [0.1, 0.15) is 0 Å². The van der Waals surface area contributed by atoms with Gasteiger partial charge >= 0.3 is 0 Å². The summed E-state index contributed by atoms with van der Waals surface area (Å²) in [6.45, 7) is 2.66. The van der Waals surface area contributed by atoms with E-state index in [4.69, 9.17) is 9.47 Å². The van der Waals surface area contributed by atoms with Crippen molar-refractivity contribution in [2.75, 3.05) is 13.8 Å². The standard InChI is InChI=1S/C22H23N3O3/c1-15-10-18(24-23-15)13-25(2)22(26)12-19(16-6-4-3-5-7-16)17-8-9-20-21(11-17)28-14-27-20/h3-11,19H,12-14H2,1-2H3,(H,23,24)/t19-/m1/s1. The zero-order valence-electron chi connectivity index (χ0n) is 16.0. The largest absolute Gasteiger partial charge is 0.454 e. The SMILES string of the molecule is Cc1cc(CN(C)C(=O)C[C@H](c2ccccc2)c2ccc3c(c2)OCO3)n[nH]1. The molecule has 1 N–H and O–H groups in total. The Labute approximate surface area is 164 Å². The molecule has 1 aliphatic rings. The first-order chi connectivity index (χ1) is 13.6. The molecule has 6 nitrogen and oxygen atoms in total. The first kappa shape index (κ1) is 18.1. The molecule has 0 bridgehead atoms. The average molecular weight is 377 g/mol. The molecule has 0 saturated carbocycles. The molecule has 4 rings (SSSR count). The lowest BCUT2D eigenvalue weighted by Gasteiger charge is -2.22. The Morgan fingerprint density at radius 1 is 1.11 bits per heavy atom. The van der Waals surface area contributed by atoms with Crippen LogP contribution in [0.4, 0.5) is 0 Å². The molecule has 0 aliphatic carbocycles. The number of amides is 1. The predicted molar refractivity (Wildman–Crippen MR) is 105 cm³/mol. The van der Waals surface area contributed by atoms with E-state index in [0.717, 1.165) is 34.0 Å². The number of aryl methyl sites for hydroxylation is 1. The summed E-state index contributed by atoms with van der Waals surface area (Å²) in [5.74, 6) is 1.47. The molecule has 0 radical (unpaired) electrons. The van der Waals surface area contributed by atoms with Crippen molar-refractivity contribution in [1.82, 2.24) is 15.1 Å². The maximum Gasteiger partial charge on any atom is 0.231 e. The van der Waals surface area contributed by atoms with Crippen LogP contribution in [-0.2, 0) is 11.3 Å². The third kappa shape index (κ3) is 3.86. The molecular weight excluding hydrogens is 354 g/mol. The molecule has 0 unspecified atom stereocenters. The van der Waals surface area contributed by atoms with E-state index in [1.54, 1.807) is 4.90 Å². The van der Waals surface area contributed by atoms with Crippen molar-refractivity contribution in [2.24, 2.45) is 0 Å². The fourth-order valence-corrected chi connectivity index (χ4v) is 3.46. The zero-order valence-corrected chi connectivity index (χ0v) is 16.0. The van der Waals surface area contributed by atoms with Gasteiger partial charge in [-0.15, -0.1) is 0 Å². The fraction of sp³-hybridized carbons (Fsp3) is 0.273. The number of nitrogens with one attached hydrogen (secondary N) is 1. The minimum absolute atomic E-state index is 0.0622. The first-order valence-corrected chi connectivity index (χ1v) is 9.29. The number of nitrogens with zero attached hydrogens (tertiary/aromatic N) is 2. The van der Waals surface area contributed by atoms with E-state index in [1.807, 2.05) is 56.4 Å². The van der Waals surface area contributed by atoms with Gasteiger partial charge in [-0.25, -0.2) is 0 Å². The van der Waals surface area contributed by atoms with E-state index in [0.29, 0.717) is 13.0 Å². The van der Waals surface area contributed by atoms with Crippen molar-refractivity contribution in [3.63, 3.8) is 0 Å². The van der Waals surface area contributed by atoms with Crippen LogP contribution in [0.25, 0.3) is 0 Å². The molecule has 6 heteroatoms. The van der Waals surface area contributed by atoms with Crippen LogP contribution in [-0.4, -0.2) is 34.8 Å². The lowest BCUT2D eigenvalue weighted by Crippen LogP contribution is -2.28. The molecule has 0 fully saturated rings. The Balaban J connectivity index is 1.56. The number of fused-ring (bicyclic) bond motifs is 1. The van der Waals surface area contributed by atoms with Gasteiger partial charge in [0.2, 0.25) is 12.7 Å². The first-order valence-electron chi connectivity index (χ1n) is 9.29. The smallest absolute Gasteiger partial charge is 0.231 e. The maximum atomic E-state index is 13.0. The topological polar surface area (TPSA) is 67.5 Å². The van der Waals surface area contributed by atoms with Crippen LogP contribution in [0.2, 0.25) is 0 Å². The Morgan fingerprint density at radius 3 is 2.64 bits per heavy atom. The number of aromatic nitrogens is 2. The summed E-state index contributed by atoms with van der Waals surface area (Å²) in [6.07, 6.45) is 0.365. The number of rotatable bonds is 6. The second-order valence-corrected chi connectivity index (χ2v) is 7.07. The Hall–Kier alpha value is -3.28. The molecule has 1 atom stereocenters. The highest BCUT2D eigenvalue weighted by molar-refractivity contribution is 5.77.